The Morgan fingerprint density at radius 2 is 2.59 bits per heavy atom. The van der Waals surface area contributed by atoms with Gasteiger partial charge in [0.15, 0.2) is 0 Å². The van der Waals surface area contributed by atoms with Gasteiger partial charge in [-0.3, -0.25) is 9.69 Å². The molecule has 1 amide bonds. The first kappa shape index (κ1) is 12.0. The highest BCUT2D eigenvalue weighted by atomic mass is 32.1. The Labute approximate surface area is 104 Å². The fraction of sp³-hybridized carbons (Fsp3) is 0.455. The van der Waals surface area contributed by atoms with E-state index in [1.165, 1.54) is 11.3 Å². The molecule has 1 atom stereocenters. The van der Waals surface area contributed by atoms with Gasteiger partial charge in [-0.1, -0.05) is 0 Å². The van der Waals surface area contributed by atoms with Crippen molar-refractivity contribution in [3.63, 3.8) is 0 Å². The van der Waals surface area contributed by atoms with Crippen molar-refractivity contribution in [2.75, 3.05) is 25.0 Å². The minimum Gasteiger partial charge on any atom is -0.326 e. The quantitative estimate of drug-likeness (QED) is 0.822. The van der Waals surface area contributed by atoms with Crippen molar-refractivity contribution < 1.29 is 4.79 Å². The number of nitrogens with one attached hydrogen (secondary N) is 1. The molecule has 0 radical (unpaired) electrons. The monoisotopic (exact) mass is 250 g/mol. The Bertz CT molecular complexity index is 451. The van der Waals surface area contributed by atoms with E-state index < -0.39 is 0 Å². The second-order valence-corrected chi connectivity index (χ2v) is 5.02. The summed E-state index contributed by atoms with van der Waals surface area (Å²) in [5, 5.41) is 14.0. The van der Waals surface area contributed by atoms with Crippen molar-refractivity contribution in [3.8, 4) is 6.07 Å². The Morgan fingerprint density at radius 1 is 1.76 bits per heavy atom. The molecule has 5 nitrogen and oxygen atoms in total. The van der Waals surface area contributed by atoms with Crippen molar-refractivity contribution >= 4 is 22.2 Å². The Hall–Kier alpha value is -1.42. The molecule has 1 saturated heterocycles. The number of amides is 1. The lowest BCUT2D eigenvalue weighted by molar-refractivity contribution is -0.117. The maximum Gasteiger partial charge on any atom is 0.239 e. The van der Waals surface area contributed by atoms with Crippen LogP contribution in [0.3, 0.4) is 0 Å². The molecule has 2 rings (SSSR count). The van der Waals surface area contributed by atoms with Crippen LogP contribution in [0.15, 0.2) is 11.4 Å². The normalized spacial score (nSPS) is 20.1. The summed E-state index contributed by atoms with van der Waals surface area (Å²) in [6.07, 6.45) is 0.940. The van der Waals surface area contributed by atoms with Gasteiger partial charge in [-0.2, -0.15) is 5.26 Å². The summed E-state index contributed by atoms with van der Waals surface area (Å²) in [4.78, 5) is 13.8. The number of nitrogens with two attached hydrogens (primary N) is 1. The maximum absolute atomic E-state index is 11.7. The lowest BCUT2D eigenvalue weighted by Gasteiger charge is -2.14. The van der Waals surface area contributed by atoms with E-state index in [-0.39, 0.29) is 11.9 Å². The van der Waals surface area contributed by atoms with Gasteiger partial charge in [0.05, 0.1) is 12.1 Å². The number of anilines is 1. The van der Waals surface area contributed by atoms with E-state index in [1.807, 2.05) is 11.0 Å². The number of rotatable bonds is 3. The smallest absolute Gasteiger partial charge is 0.239 e. The highest BCUT2D eigenvalue weighted by Crippen LogP contribution is 2.22. The third-order valence-electron chi connectivity index (χ3n) is 2.71. The van der Waals surface area contributed by atoms with E-state index in [9.17, 15) is 4.79 Å². The molecule has 1 fully saturated rings. The minimum absolute atomic E-state index is 0.0851. The average molecular weight is 250 g/mol. The first-order valence-corrected chi connectivity index (χ1v) is 6.32. The number of likely N-dealkylation sites (tertiary alicyclic amines) is 1. The van der Waals surface area contributed by atoms with Gasteiger partial charge in [0.2, 0.25) is 5.91 Å². The lowest BCUT2D eigenvalue weighted by atomic mass is 10.3. The molecule has 90 valence electrons. The highest BCUT2D eigenvalue weighted by Gasteiger charge is 2.21. The highest BCUT2D eigenvalue weighted by molar-refractivity contribution is 7.14. The zero-order chi connectivity index (χ0) is 12.3. The van der Waals surface area contributed by atoms with Gasteiger partial charge in [-0.05, 0) is 17.9 Å². The van der Waals surface area contributed by atoms with Gasteiger partial charge in [-0.15, -0.1) is 11.3 Å². The predicted octanol–water partition coefficient (Wildman–Crippen LogP) is 0.591. The summed E-state index contributed by atoms with van der Waals surface area (Å²) in [5.74, 6) is -0.0851. The molecule has 2 heterocycles. The Balaban J connectivity index is 1.88. The van der Waals surface area contributed by atoms with Crippen LogP contribution in [0.4, 0.5) is 5.00 Å². The van der Waals surface area contributed by atoms with Gasteiger partial charge in [0, 0.05) is 19.1 Å². The molecule has 0 bridgehead atoms. The summed E-state index contributed by atoms with van der Waals surface area (Å²) < 4.78 is 0. The van der Waals surface area contributed by atoms with Crippen LogP contribution in [-0.2, 0) is 4.79 Å². The summed E-state index contributed by atoms with van der Waals surface area (Å²) in [7, 11) is 0. The van der Waals surface area contributed by atoms with E-state index in [2.05, 4.69) is 5.32 Å². The summed E-state index contributed by atoms with van der Waals surface area (Å²) in [5.41, 5.74) is 6.28. The van der Waals surface area contributed by atoms with Crippen molar-refractivity contribution in [1.29, 1.82) is 5.26 Å². The molecule has 6 heteroatoms. The largest absolute Gasteiger partial charge is 0.326 e. The Morgan fingerprint density at radius 3 is 3.24 bits per heavy atom. The van der Waals surface area contributed by atoms with Crippen LogP contribution in [0.2, 0.25) is 0 Å². The number of hydrogen-bond donors (Lipinski definition) is 2. The molecule has 1 aromatic heterocycles. The predicted molar refractivity (Wildman–Crippen MR) is 66.7 cm³/mol. The number of thiophene rings is 1. The molecule has 17 heavy (non-hydrogen) atoms. The number of hydrogen-bond acceptors (Lipinski definition) is 5. The lowest BCUT2D eigenvalue weighted by Crippen LogP contribution is -2.33. The van der Waals surface area contributed by atoms with Crippen LogP contribution in [0.5, 0.6) is 0 Å². The zero-order valence-electron chi connectivity index (χ0n) is 9.35. The molecule has 0 aromatic carbocycles. The molecular formula is C11H14N4OS. The molecule has 1 aliphatic rings. The van der Waals surface area contributed by atoms with E-state index in [1.54, 1.807) is 11.4 Å². The van der Waals surface area contributed by atoms with Gasteiger partial charge >= 0.3 is 0 Å². The fourth-order valence-corrected chi connectivity index (χ4v) is 2.62. The topological polar surface area (TPSA) is 82.2 Å². The summed E-state index contributed by atoms with van der Waals surface area (Å²) in [6.45, 7) is 1.98. The SMILES string of the molecule is N#Cc1ccsc1NC(=O)CN1CC[C@H](N)C1. The first-order chi connectivity index (χ1) is 8.19. The number of carbonyl (C=O) groups is 1. The molecular weight excluding hydrogens is 236 g/mol. The van der Waals surface area contributed by atoms with E-state index >= 15 is 0 Å². The van der Waals surface area contributed by atoms with Crippen LogP contribution in [-0.4, -0.2) is 36.5 Å². The van der Waals surface area contributed by atoms with Gasteiger partial charge in [-0.25, -0.2) is 0 Å². The third kappa shape index (κ3) is 3.03. The van der Waals surface area contributed by atoms with E-state index in [0.717, 1.165) is 19.5 Å². The second kappa shape index (κ2) is 5.27. The van der Waals surface area contributed by atoms with Crippen molar-refractivity contribution in [3.05, 3.63) is 17.0 Å². The van der Waals surface area contributed by atoms with Crippen molar-refractivity contribution in [2.45, 2.75) is 12.5 Å². The number of carbonyl (C=O) groups excluding carboxylic acids is 1. The molecule has 0 unspecified atom stereocenters. The van der Waals surface area contributed by atoms with Crippen molar-refractivity contribution in [1.82, 2.24) is 4.90 Å². The van der Waals surface area contributed by atoms with Gasteiger partial charge in [0.1, 0.15) is 11.1 Å². The van der Waals surface area contributed by atoms with Crippen LogP contribution in [0.1, 0.15) is 12.0 Å². The molecule has 1 aromatic rings. The molecule has 3 N–H and O–H groups in total. The van der Waals surface area contributed by atoms with Crippen LogP contribution < -0.4 is 11.1 Å². The molecule has 0 spiro atoms. The first-order valence-electron chi connectivity index (χ1n) is 5.44. The van der Waals surface area contributed by atoms with Crippen molar-refractivity contribution in [2.24, 2.45) is 5.73 Å². The summed E-state index contributed by atoms with van der Waals surface area (Å²) >= 11 is 1.36. The minimum atomic E-state index is -0.0851. The number of nitriles is 1. The van der Waals surface area contributed by atoms with Crippen LogP contribution >= 0.6 is 11.3 Å². The fourth-order valence-electron chi connectivity index (χ4n) is 1.87. The standard InChI is InChI=1S/C11H14N4OS/c12-5-8-2-4-17-11(8)14-10(16)7-15-3-1-9(13)6-15/h2,4,9H,1,3,6-7,13H2,(H,14,16)/t9-/m0/s1. The van der Waals surface area contributed by atoms with E-state index in [0.29, 0.717) is 17.1 Å². The average Bonchev–Trinajstić information content (AvgIpc) is 2.87. The Kier molecular flexibility index (Phi) is 3.74. The number of nitrogens with zero attached hydrogens (tertiary/aromatic N) is 2. The van der Waals surface area contributed by atoms with Crippen LogP contribution in [0, 0.1) is 11.3 Å². The third-order valence-corrected chi connectivity index (χ3v) is 3.54. The maximum atomic E-state index is 11.7. The van der Waals surface area contributed by atoms with Gasteiger partial charge in [0.25, 0.3) is 0 Å². The molecule has 0 aliphatic carbocycles. The molecule has 1 aliphatic heterocycles. The summed E-state index contributed by atoms with van der Waals surface area (Å²) in [6, 6.07) is 3.92. The van der Waals surface area contributed by atoms with E-state index in [4.69, 9.17) is 11.0 Å². The second-order valence-electron chi connectivity index (χ2n) is 4.11. The van der Waals surface area contributed by atoms with Gasteiger partial charge < -0.3 is 11.1 Å². The zero-order valence-corrected chi connectivity index (χ0v) is 10.2. The molecule has 0 saturated carbocycles. The van der Waals surface area contributed by atoms with Crippen LogP contribution in [0.25, 0.3) is 0 Å².